The number of likely N-dealkylation sites (tertiary alicyclic amines) is 1. The summed E-state index contributed by atoms with van der Waals surface area (Å²) in [6.07, 6.45) is 3.43. The molecule has 1 unspecified atom stereocenters. The number of piperidine rings is 1. The van der Waals surface area contributed by atoms with Gasteiger partial charge in [-0.3, -0.25) is 9.59 Å². The number of quaternary nitrogens is 1. The van der Waals surface area contributed by atoms with Gasteiger partial charge in [0.15, 0.2) is 5.76 Å². The molecule has 2 heterocycles. The van der Waals surface area contributed by atoms with Crippen LogP contribution in [0.5, 0.6) is 0 Å². The number of methoxy groups -OCH3 is 1. The number of benzene rings is 1. The van der Waals surface area contributed by atoms with Gasteiger partial charge in [-0.15, -0.1) is 0 Å². The minimum absolute atomic E-state index is 0.165. The van der Waals surface area contributed by atoms with Crippen LogP contribution in [0.3, 0.4) is 0 Å². The van der Waals surface area contributed by atoms with E-state index in [9.17, 15) is 9.59 Å². The van der Waals surface area contributed by atoms with Crippen LogP contribution in [0.1, 0.15) is 41.1 Å². The van der Waals surface area contributed by atoms with Gasteiger partial charge in [0.1, 0.15) is 12.3 Å². The summed E-state index contributed by atoms with van der Waals surface area (Å²) in [5, 5.41) is 3.11. The Hall–Kier alpha value is -2.60. The van der Waals surface area contributed by atoms with Crippen molar-refractivity contribution in [1.29, 1.82) is 0 Å². The minimum Gasteiger partial charge on any atom is -0.469 e. The van der Waals surface area contributed by atoms with E-state index in [1.807, 2.05) is 24.3 Å². The Morgan fingerprint density at radius 2 is 1.90 bits per heavy atom. The Labute approximate surface area is 172 Å². The van der Waals surface area contributed by atoms with Gasteiger partial charge >= 0.3 is 5.97 Å². The fraction of sp³-hybridized carbons (Fsp3) is 0.478. The van der Waals surface area contributed by atoms with Gasteiger partial charge in [-0.1, -0.05) is 30.3 Å². The second-order valence-electron chi connectivity index (χ2n) is 8.66. The van der Waals surface area contributed by atoms with Crippen LogP contribution < -0.4 is 5.32 Å². The molecule has 1 aromatic carbocycles. The van der Waals surface area contributed by atoms with Crippen molar-refractivity contribution < 1.29 is 23.2 Å². The van der Waals surface area contributed by atoms with Crippen LogP contribution in [0.25, 0.3) is 0 Å². The molecule has 29 heavy (non-hydrogen) atoms. The first-order chi connectivity index (χ1) is 13.8. The first-order valence-electron chi connectivity index (χ1n) is 10.1. The van der Waals surface area contributed by atoms with Crippen molar-refractivity contribution in [2.24, 2.45) is 0 Å². The van der Waals surface area contributed by atoms with Crippen LogP contribution in [0.4, 0.5) is 0 Å². The largest absolute Gasteiger partial charge is 0.469 e. The number of ether oxygens (including phenoxy) is 1. The number of nitrogens with one attached hydrogen (secondary N) is 1. The molecular weight excluding hydrogens is 368 g/mol. The summed E-state index contributed by atoms with van der Waals surface area (Å²) < 4.78 is 11.4. The van der Waals surface area contributed by atoms with E-state index in [2.05, 4.69) is 31.5 Å². The standard InChI is InChI=1S/C23H30N2O4/c1-25(2)15-7-14-23(17-25,16-21(26)28-3)24-22(27)20-13-12-19(29-20)11-10-18-8-5-4-6-9-18/h4-6,8-9,12-13H,7,10-11,14-17H2,1-3H3/p+1. The molecule has 0 radical (unpaired) electrons. The van der Waals surface area contributed by atoms with Crippen molar-refractivity contribution in [3.8, 4) is 0 Å². The van der Waals surface area contributed by atoms with Crippen LogP contribution in [-0.2, 0) is 22.4 Å². The van der Waals surface area contributed by atoms with Crippen LogP contribution in [-0.4, -0.2) is 56.2 Å². The summed E-state index contributed by atoms with van der Waals surface area (Å²) in [5.74, 6) is 0.478. The molecule has 1 aromatic heterocycles. The molecule has 1 atom stereocenters. The number of hydrogen-bond acceptors (Lipinski definition) is 4. The second-order valence-corrected chi connectivity index (χ2v) is 8.66. The second kappa shape index (κ2) is 8.82. The Morgan fingerprint density at radius 1 is 1.14 bits per heavy atom. The van der Waals surface area contributed by atoms with Crippen LogP contribution in [0.15, 0.2) is 46.9 Å². The number of carbonyl (C=O) groups excluding carboxylic acids is 2. The van der Waals surface area contributed by atoms with Crippen LogP contribution in [0.2, 0.25) is 0 Å². The molecule has 1 aliphatic rings. The lowest BCUT2D eigenvalue weighted by Gasteiger charge is -2.45. The number of hydrogen-bond donors (Lipinski definition) is 1. The number of amides is 1. The average Bonchev–Trinajstić information content (AvgIpc) is 3.15. The molecule has 3 rings (SSSR count). The van der Waals surface area contributed by atoms with Crippen molar-refractivity contribution in [3.05, 3.63) is 59.5 Å². The Bertz CT molecular complexity index is 844. The highest BCUT2D eigenvalue weighted by Crippen LogP contribution is 2.28. The highest BCUT2D eigenvalue weighted by atomic mass is 16.5. The van der Waals surface area contributed by atoms with Gasteiger partial charge in [-0.05, 0) is 37.0 Å². The fourth-order valence-electron chi connectivity index (χ4n) is 4.31. The third-order valence-corrected chi connectivity index (χ3v) is 5.63. The molecule has 1 fully saturated rings. The van der Waals surface area contributed by atoms with Crippen molar-refractivity contribution in [2.75, 3.05) is 34.3 Å². The fourth-order valence-corrected chi connectivity index (χ4v) is 4.31. The predicted octanol–water partition coefficient (Wildman–Crippen LogP) is 2.97. The predicted molar refractivity (Wildman–Crippen MR) is 110 cm³/mol. The van der Waals surface area contributed by atoms with Crippen LogP contribution in [0, 0.1) is 0 Å². The van der Waals surface area contributed by atoms with Crippen LogP contribution >= 0.6 is 0 Å². The number of esters is 1. The number of rotatable bonds is 7. The average molecular weight is 400 g/mol. The molecular formula is C23H31N2O4+. The van der Waals surface area contributed by atoms with Gasteiger partial charge in [0.2, 0.25) is 0 Å². The lowest BCUT2D eigenvalue weighted by Crippen LogP contribution is -2.64. The summed E-state index contributed by atoms with van der Waals surface area (Å²) in [6, 6.07) is 13.7. The number of likely N-dealkylation sites (N-methyl/N-ethyl adjacent to an activating group) is 1. The lowest BCUT2D eigenvalue weighted by atomic mass is 9.84. The maximum atomic E-state index is 12.9. The van der Waals surface area contributed by atoms with Crippen molar-refractivity contribution >= 4 is 11.9 Å². The molecule has 6 heteroatoms. The van der Waals surface area contributed by atoms with Crippen molar-refractivity contribution in [2.45, 2.75) is 37.6 Å². The zero-order valence-electron chi connectivity index (χ0n) is 17.6. The number of carbonyl (C=O) groups is 2. The molecule has 0 bridgehead atoms. The third kappa shape index (κ3) is 5.70. The van der Waals surface area contributed by atoms with E-state index in [1.54, 1.807) is 6.07 Å². The normalized spacial score (nSPS) is 20.8. The molecule has 156 valence electrons. The first kappa shape index (κ1) is 21.1. The minimum atomic E-state index is -0.622. The van der Waals surface area contributed by atoms with E-state index in [4.69, 9.17) is 9.15 Å². The molecule has 1 amide bonds. The van der Waals surface area contributed by atoms with Gasteiger partial charge in [-0.25, -0.2) is 0 Å². The molecule has 1 aliphatic heterocycles. The van der Waals surface area contributed by atoms with E-state index in [1.165, 1.54) is 12.7 Å². The van der Waals surface area contributed by atoms with E-state index >= 15 is 0 Å². The zero-order chi connectivity index (χ0) is 20.9. The van der Waals surface area contributed by atoms with Crippen molar-refractivity contribution in [1.82, 2.24) is 5.32 Å². The molecule has 0 saturated carbocycles. The Kier molecular flexibility index (Phi) is 6.42. The molecule has 1 saturated heterocycles. The molecule has 1 N–H and O–H groups in total. The van der Waals surface area contributed by atoms with E-state index in [0.717, 1.165) is 42.5 Å². The highest BCUT2D eigenvalue weighted by Gasteiger charge is 2.44. The topological polar surface area (TPSA) is 68.5 Å². The third-order valence-electron chi connectivity index (χ3n) is 5.63. The SMILES string of the molecule is COC(=O)CC1(NC(=O)c2ccc(CCc3ccccc3)o2)CCC[N+](C)(C)C1. The number of nitrogens with zero attached hydrogens (tertiary/aromatic N) is 1. The van der Waals surface area contributed by atoms with E-state index < -0.39 is 5.54 Å². The monoisotopic (exact) mass is 399 g/mol. The Balaban J connectivity index is 1.68. The van der Waals surface area contributed by atoms with E-state index in [0.29, 0.717) is 6.54 Å². The zero-order valence-corrected chi connectivity index (χ0v) is 17.6. The van der Waals surface area contributed by atoms with Gasteiger partial charge < -0.3 is 19.0 Å². The molecule has 0 spiro atoms. The Morgan fingerprint density at radius 3 is 2.59 bits per heavy atom. The van der Waals surface area contributed by atoms with Gasteiger partial charge in [0, 0.05) is 6.42 Å². The van der Waals surface area contributed by atoms with E-state index in [-0.39, 0.29) is 24.1 Å². The molecule has 0 aliphatic carbocycles. The maximum Gasteiger partial charge on any atom is 0.308 e. The highest BCUT2D eigenvalue weighted by molar-refractivity contribution is 5.92. The van der Waals surface area contributed by atoms with Gasteiger partial charge in [0.25, 0.3) is 5.91 Å². The van der Waals surface area contributed by atoms with Gasteiger partial charge in [0.05, 0.1) is 39.7 Å². The first-order valence-corrected chi connectivity index (χ1v) is 10.1. The summed E-state index contributed by atoms with van der Waals surface area (Å²) in [4.78, 5) is 25.0. The summed E-state index contributed by atoms with van der Waals surface area (Å²) in [5.41, 5.74) is 0.609. The smallest absolute Gasteiger partial charge is 0.308 e. The summed E-state index contributed by atoms with van der Waals surface area (Å²) in [7, 11) is 5.62. The maximum absolute atomic E-state index is 12.9. The quantitative estimate of drug-likeness (QED) is 0.574. The molecule has 6 nitrogen and oxygen atoms in total. The molecule has 2 aromatic rings. The summed E-state index contributed by atoms with van der Waals surface area (Å²) >= 11 is 0. The number of aryl methyl sites for hydroxylation is 2. The summed E-state index contributed by atoms with van der Waals surface area (Å²) in [6.45, 7) is 1.69. The van der Waals surface area contributed by atoms with Gasteiger partial charge in [-0.2, -0.15) is 0 Å². The lowest BCUT2D eigenvalue weighted by molar-refractivity contribution is -0.899. The number of furan rings is 1. The van der Waals surface area contributed by atoms with Crippen molar-refractivity contribution in [3.63, 3.8) is 0 Å².